The van der Waals surface area contributed by atoms with E-state index in [1.54, 1.807) is 21.0 Å². The van der Waals surface area contributed by atoms with E-state index in [4.69, 9.17) is 18.9 Å². The third kappa shape index (κ3) is 7.07. The van der Waals surface area contributed by atoms with Crippen LogP contribution < -0.4 is 10.1 Å². The fourth-order valence-electron chi connectivity index (χ4n) is 3.58. The van der Waals surface area contributed by atoms with Crippen molar-refractivity contribution in [1.29, 1.82) is 0 Å². The SMILES string of the molecule is COc1ccc(CNC[C@@]2(COCc3ccccc3)CC[C@@H](OC(C)(C)O)O2)cc1. The Hall–Kier alpha value is -1.96. The lowest BCUT2D eigenvalue weighted by atomic mass is 10.0. The van der Waals surface area contributed by atoms with Crippen molar-refractivity contribution in [1.82, 2.24) is 5.32 Å². The van der Waals surface area contributed by atoms with Crippen LogP contribution in [0.15, 0.2) is 54.6 Å². The predicted octanol–water partition coefficient (Wildman–Crippen LogP) is 3.62. The van der Waals surface area contributed by atoms with Gasteiger partial charge in [-0.15, -0.1) is 0 Å². The lowest BCUT2D eigenvalue weighted by Gasteiger charge is -2.31. The van der Waals surface area contributed by atoms with Gasteiger partial charge in [-0.2, -0.15) is 0 Å². The van der Waals surface area contributed by atoms with Gasteiger partial charge >= 0.3 is 0 Å². The van der Waals surface area contributed by atoms with Gasteiger partial charge in [-0.05, 0) is 43.5 Å². The molecule has 0 unspecified atom stereocenters. The van der Waals surface area contributed by atoms with Gasteiger partial charge in [0.25, 0.3) is 0 Å². The molecule has 2 N–H and O–H groups in total. The fraction of sp³-hybridized carbons (Fsp3) is 0.500. The number of rotatable bonds is 11. The summed E-state index contributed by atoms with van der Waals surface area (Å²) in [4.78, 5) is 0. The zero-order valence-electron chi connectivity index (χ0n) is 18.1. The molecule has 6 heteroatoms. The molecular weight excluding hydrogens is 382 g/mol. The number of nitrogens with one attached hydrogen (secondary N) is 1. The van der Waals surface area contributed by atoms with Gasteiger partial charge in [0.2, 0.25) is 0 Å². The highest BCUT2D eigenvalue weighted by Gasteiger charge is 2.42. The van der Waals surface area contributed by atoms with Crippen LogP contribution >= 0.6 is 0 Å². The molecule has 3 rings (SSSR count). The number of hydrogen-bond donors (Lipinski definition) is 2. The highest BCUT2D eigenvalue weighted by molar-refractivity contribution is 5.27. The van der Waals surface area contributed by atoms with Crippen molar-refractivity contribution in [2.75, 3.05) is 20.3 Å². The average Bonchev–Trinajstić information content (AvgIpc) is 3.10. The smallest absolute Gasteiger partial charge is 0.162 e. The van der Waals surface area contributed by atoms with E-state index >= 15 is 0 Å². The summed E-state index contributed by atoms with van der Waals surface area (Å²) in [5.41, 5.74) is 1.79. The Morgan fingerprint density at radius 1 is 1.10 bits per heavy atom. The van der Waals surface area contributed by atoms with Crippen molar-refractivity contribution in [3.8, 4) is 5.75 Å². The van der Waals surface area contributed by atoms with Gasteiger partial charge in [-0.1, -0.05) is 42.5 Å². The second-order valence-corrected chi connectivity index (χ2v) is 8.26. The molecule has 164 valence electrons. The van der Waals surface area contributed by atoms with E-state index in [0.717, 1.165) is 17.7 Å². The van der Waals surface area contributed by atoms with Crippen LogP contribution in [-0.2, 0) is 27.4 Å². The van der Waals surface area contributed by atoms with E-state index in [0.29, 0.717) is 32.7 Å². The summed E-state index contributed by atoms with van der Waals surface area (Å²) in [6.07, 6.45) is 1.05. The summed E-state index contributed by atoms with van der Waals surface area (Å²) < 4.78 is 23.1. The van der Waals surface area contributed by atoms with Crippen LogP contribution in [0.2, 0.25) is 0 Å². The minimum Gasteiger partial charge on any atom is -0.497 e. The number of aliphatic hydroxyl groups is 1. The molecule has 1 aliphatic rings. The van der Waals surface area contributed by atoms with Crippen LogP contribution in [0.4, 0.5) is 0 Å². The maximum atomic E-state index is 9.98. The molecule has 0 bridgehead atoms. The fourth-order valence-corrected chi connectivity index (χ4v) is 3.58. The molecule has 2 atom stereocenters. The van der Waals surface area contributed by atoms with Crippen molar-refractivity contribution < 1.29 is 24.1 Å². The molecule has 1 aliphatic heterocycles. The molecule has 30 heavy (non-hydrogen) atoms. The van der Waals surface area contributed by atoms with Crippen LogP contribution in [0.5, 0.6) is 5.75 Å². The third-order valence-electron chi connectivity index (χ3n) is 5.05. The zero-order chi connectivity index (χ0) is 21.5. The van der Waals surface area contributed by atoms with Gasteiger partial charge in [0.1, 0.15) is 11.4 Å². The van der Waals surface area contributed by atoms with Crippen molar-refractivity contribution in [3.63, 3.8) is 0 Å². The number of methoxy groups -OCH3 is 1. The van der Waals surface area contributed by atoms with E-state index in [9.17, 15) is 5.11 Å². The molecule has 6 nitrogen and oxygen atoms in total. The lowest BCUT2D eigenvalue weighted by Crippen LogP contribution is -2.45. The van der Waals surface area contributed by atoms with Crippen molar-refractivity contribution in [2.24, 2.45) is 0 Å². The summed E-state index contributed by atoms with van der Waals surface area (Å²) in [5.74, 6) is -0.391. The first-order valence-corrected chi connectivity index (χ1v) is 10.4. The van der Waals surface area contributed by atoms with Crippen LogP contribution in [0.1, 0.15) is 37.8 Å². The molecule has 1 fully saturated rings. The molecular formula is C24H33NO5. The molecule has 1 heterocycles. The highest BCUT2D eigenvalue weighted by atomic mass is 16.8. The van der Waals surface area contributed by atoms with Crippen LogP contribution in [0.3, 0.4) is 0 Å². The van der Waals surface area contributed by atoms with Crippen LogP contribution in [0.25, 0.3) is 0 Å². The first-order valence-electron chi connectivity index (χ1n) is 10.4. The molecule has 1 saturated heterocycles. The van der Waals surface area contributed by atoms with Crippen LogP contribution in [-0.4, -0.2) is 43.0 Å². The van der Waals surface area contributed by atoms with Gasteiger partial charge in [-0.3, -0.25) is 0 Å². The maximum Gasteiger partial charge on any atom is 0.162 e. The van der Waals surface area contributed by atoms with Crippen molar-refractivity contribution in [3.05, 3.63) is 65.7 Å². The van der Waals surface area contributed by atoms with Crippen molar-refractivity contribution >= 4 is 0 Å². The molecule has 0 aromatic heterocycles. The molecule has 0 spiro atoms. The second kappa shape index (κ2) is 10.4. The Balaban J connectivity index is 1.57. The molecule has 0 amide bonds. The number of ether oxygens (including phenoxy) is 4. The van der Waals surface area contributed by atoms with Gasteiger partial charge in [-0.25, -0.2) is 0 Å². The molecule has 0 radical (unpaired) electrons. The topological polar surface area (TPSA) is 69.2 Å². The Labute approximate surface area is 179 Å². The van der Waals surface area contributed by atoms with E-state index < -0.39 is 17.7 Å². The molecule has 0 aliphatic carbocycles. The second-order valence-electron chi connectivity index (χ2n) is 8.26. The average molecular weight is 416 g/mol. The standard InChI is InChI=1S/C24H33NO5/c1-23(2,26)29-22-13-14-24(30-22,18-28-16-20-7-5-4-6-8-20)17-25-15-19-9-11-21(27-3)12-10-19/h4-12,22,25-26H,13-18H2,1-3H3/t22-,24+/m0/s1. The van der Waals surface area contributed by atoms with Gasteiger partial charge in [0.05, 0.1) is 20.3 Å². The van der Waals surface area contributed by atoms with Gasteiger partial charge in [0, 0.05) is 19.5 Å². The summed E-state index contributed by atoms with van der Waals surface area (Å²) in [6, 6.07) is 18.1. The first kappa shape index (κ1) is 22.7. The normalized spacial score (nSPS) is 21.7. The van der Waals surface area contributed by atoms with E-state index in [1.807, 2.05) is 54.6 Å². The summed E-state index contributed by atoms with van der Waals surface area (Å²) in [5, 5.41) is 13.5. The van der Waals surface area contributed by atoms with Crippen LogP contribution in [0, 0.1) is 0 Å². The summed E-state index contributed by atoms with van der Waals surface area (Å²) in [6.45, 7) is 5.55. The van der Waals surface area contributed by atoms with Crippen molar-refractivity contribution in [2.45, 2.75) is 57.5 Å². The molecule has 2 aromatic carbocycles. The maximum absolute atomic E-state index is 9.98. The highest BCUT2D eigenvalue weighted by Crippen LogP contribution is 2.33. The Morgan fingerprint density at radius 2 is 1.83 bits per heavy atom. The predicted molar refractivity (Wildman–Crippen MR) is 115 cm³/mol. The summed E-state index contributed by atoms with van der Waals surface area (Å²) >= 11 is 0. The Morgan fingerprint density at radius 3 is 2.50 bits per heavy atom. The number of benzene rings is 2. The zero-order valence-corrected chi connectivity index (χ0v) is 18.1. The minimum absolute atomic E-state index is 0.448. The third-order valence-corrected chi connectivity index (χ3v) is 5.05. The largest absolute Gasteiger partial charge is 0.497 e. The number of hydrogen-bond acceptors (Lipinski definition) is 6. The molecule has 2 aromatic rings. The Kier molecular flexibility index (Phi) is 7.86. The van der Waals surface area contributed by atoms with Gasteiger partial charge in [0.15, 0.2) is 12.1 Å². The Bertz CT molecular complexity index is 759. The quantitative estimate of drug-likeness (QED) is 0.547. The first-order chi connectivity index (χ1) is 14.4. The van der Waals surface area contributed by atoms with Gasteiger partial charge < -0.3 is 29.4 Å². The van der Waals surface area contributed by atoms with E-state index in [1.165, 1.54) is 5.56 Å². The summed E-state index contributed by atoms with van der Waals surface area (Å²) in [7, 11) is 1.66. The molecule has 0 saturated carbocycles. The minimum atomic E-state index is -1.23. The monoisotopic (exact) mass is 415 g/mol. The lowest BCUT2D eigenvalue weighted by molar-refractivity contribution is -0.283. The van der Waals surface area contributed by atoms with E-state index in [-0.39, 0.29) is 0 Å². The van der Waals surface area contributed by atoms with E-state index in [2.05, 4.69) is 5.32 Å².